The van der Waals surface area contributed by atoms with Crippen LogP contribution < -0.4 is 0 Å². The highest BCUT2D eigenvalue weighted by molar-refractivity contribution is 7.89. The Morgan fingerprint density at radius 3 is 2.41 bits per heavy atom. The summed E-state index contributed by atoms with van der Waals surface area (Å²) in [6, 6.07) is 14.8. The Bertz CT molecular complexity index is 1110. The first-order valence-electron chi connectivity index (χ1n) is 8.26. The molecule has 8 heteroatoms. The van der Waals surface area contributed by atoms with E-state index in [0.717, 1.165) is 5.69 Å². The predicted octanol–water partition coefficient (Wildman–Crippen LogP) is 5.24. The summed E-state index contributed by atoms with van der Waals surface area (Å²) in [5, 5.41) is 1.11. The number of nitrogens with zero attached hydrogens (tertiary/aromatic N) is 2. The van der Waals surface area contributed by atoms with Crippen LogP contribution in [0.4, 0.5) is 0 Å². The van der Waals surface area contributed by atoms with Gasteiger partial charge in [0.05, 0.1) is 11.1 Å². The van der Waals surface area contributed by atoms with E-state index in [0.29, 0.717) is 28.7 Å². The molecular formula is C19H15Cl3N2O2S. The second kappa shape index (κ2) is 7.15. The second-order valence-corrected chi connectivity index (χ2v) is 9.35. The molecule has 0 spiro atoms. The summed E-state index contributed by atoms with van der Waals surface area (Å²) in [5.41, 5.74) is 1.53. The lowest BCUT2D eigenvalue weighted by molar-refractivity contribution is 0.298. The summed E-state index contributed by atoms with van der Waals surface area (Å²) in [6.45, 7) is 0.854. The van der Waals surface area contributed by atoms with Gasteiger partial charge in [0.1, 0.15) is 4.90 Å². The first-order chi connectivity index (χ1) is 12.9. The molecule has 3 aromatic rings. The number of hydrogen-bond acceptors (Lipinski definition) is 2. The van der Waals surface area contributed by atoms with Gasteiger partial charge in [-0.15, -0.1) is 0 Å². The van der Waals surface area contributed by atoms with Crippen molar-refractivity contribution in [2.45, 2.75) is 17.5 Å². The molecule has 0 bridgehead atoms. The third kappa shape index (κ3) is 3.28. The number of benzene rings is 2. The highest BCUT2D eigenvalue weighted by Gasteiger charge is 2.39. The molecule has 0 radical (unpaired) electrons. The molecule has 140 valence electrons. The molecule has 2 aromatic carbocycles. The Morgan fingerprint density at radius 2 is 1.67 bits per heavy atom. The van der Waals surface area contributed by atoms with E-state index >= 15 is 0 Å². The number of rotatable bonds is 3. The minimum atomic E-state index is -3.84. The van der Waals surface area contributed by atoms with Crippen LogP contribution in [0.25, 0.3) is 0 Å². The number of sulfonamides is 1. The van der Waals surface area contributed by atoms with Gasteiger partial charge in [0.2, 0.25) is 10.0 Å². The van der Waals surface area contributed by atoms with Crippen molar-refractivity contribution in [1.82, 2.24) is 8.87 Å². The molecule has 0 N–H and O–H groups in total. The predicted molar refractivity (Wildman–Crippen MR) is 108 cm³/mol. The van der Waals surface area contributed by atoms with Crippen molar-refractivity contribution >= 4 is 44.8 Å². The normalized spacial score (nSPS) is 17.7. The van der Waals surface area contributed by atoms with E-state index in [4.69, 9.17) is 34.8 Å². The fraction of sp³-hybridized carbons (Fsp3) is 0.158. The van der Waals surface area contributed by atoms with Gasteiger partial charge in [0.25, 0.3) is 0 Å². The van der Waals surface area contributed by atoms with Gasteiger partial charge in [0.15, 0.2) is 0 Å². The van der Waals surface area contributed by atoms with E-state index in [1.54, 1.807) is 36.4 Å². The lowest BCUT2D eigenvalue weighted by Crippen LogP contribution is -2.42. The third-order valence-corrected chi connectivity index (χ3v) is 7.60. The molecule has 2 heterocycles. The molecule has 1 aromatic heterocycles. The average Bonchev–Trinajstić information content (AvgIpc) is 3.10. The molecule has 0 saturated carbocycles. The third-order valence-electron chi connectivity index (χ3n) is 4.67. The van der Waals surface area contributed by atoms with Crippen molar-refractivity contribution in [3.8, 4) is 0 Å². The quantitative estimate of drug-likeness (QED) is 0.557. The smallest absolute Gasteiger partial charge is 0.245 e. The summed E-state index contributed by atoms with van der Waals surface area (Å²) in [7, 11) is -3.84. The van der Waals surface area contributed by atoms with Crippen molar-refractivity contribution in [1.29, 1.82) is 0 Å². The van der Waals surface area contributed by atoms with Crippen LogP contribution in [0.2, 0.25) is 15.1 Å². The van der Waals surface area contributed by atoms with Crippen LogP contribution in [-0.2, 0) is 16.6 Å². The van der Waals surface area contributed by atoms with Gasteiger partial charge in [-0.25, -0.2) is 8.42 Å². The van der Waals surface area contributed by atoms with E-state index < -0.39 is 16.1 Å². The summed E-state index contributed by atoms with van der Waals surface area (Å²) in [6.07, 6.45) is 1.94. The van der Waals surface area contributed by atoms with Gasteiger partial charge in [-0.05, 0) is 42.0 Å². The lowest BCUT2D eigenvalue weighted by atomic mass is 10.0. The fourth-order valence-electron chi connectivity index (χ4n) is 3.44. The first-order valence-corrected chi connectivity index (χ1v) is 10.8. The Kier molecular flexibility index (Phi) is 4.99. The van der Waals surface area contributed by atoms with Gasteiger partial charge in [-0.1, -0.05) is 53.0 Å². The van der Waals surface area contributed by atoms with Gasteiger partial charge >= 0.3 is 0 Å². The number of fused-ring (bicyclic) bond motifs is 1. The van der Waals surface area contributed by atoms with Crippen molar-refractivity contribution < 1.29 is 8.42 Å². The molecule has 1 unspecified atom stereocenters. The molecule has 0 amide bonds. The largest absolute Gasteiger partial charge is 0.348 e. The zero-order valence-corrected chi connectivity index (χ0v) is 17.1. The molecule has 0 fully saturated rings. The second-order valence-electron chi connectivity index (χ2n) is 6.24. The van der Waals surface area contributed by atoms with Gasteiger partial charge < -0.3 is 4.57 Å². The average molecular weight is 442 g/mol. The van der Waals surface area contributed by atoms with Crippen molar-refractivity contribution in [2.75, 3.05) is 6.54 Å². The van der Waals surface area contributed by atoms with Crippen LogP contribution in [0.5, 0.6) is 0 Å². The minimum Gasteiger partial charge on any atom is -0.348 e. The molecule has 27 heavy (non-hydrogen) atoms. The molecule has 4 rings (SSSR count). The highest BCUT2D eigenvalue weighted by atomic mass is 35.5. The SMILES string of the molecule is O=S(=O)(c1ccccc1Cl)N1CCn2cccc2C1c1ccc(Cl)cc1Cl. The standard InChI is InChI=1S/C19H15Cl3N2O2S/c20-13-7-8-14(16(22)12-13)19-17-5-3-9-23(17)10-11-24(19)27(25,26)18-6-2-1-4-15(18)21/h1-9,12,19H,10-11H2. The number of aromatic nitrogens is 1. The summed E-state index contributed by atoms with van der Waals surface area (Å²) < 4.78 is 30.4. The Balaban J connectivity index is 1.90. The van der Waals surface area contributed by atoms with Crippen LogP contribution in [0.15, 0.2) is 65.7 Å². The zero-order chi connectivity index (χ0) is 19.2. The molecule has 1 aliphatic heterocycles. The molecule has 0 saturated heterocycles. The van der Waals surface area contributed by atoms with Crippen molar-refractivity contribution in [2.24, 2.45) is 0 Å². The van der Waals surface area contributed by atoms with Crippen LogP contribution in [0, 0.1) is 0 Å². The van der Waals surface area contributed by atoms with E-state index in [1.807, 2.05) is 22.9 Å². The zero-order valence-electron chi connectivity index (χ0n) is 14.0. The van der Waals surface area contributed by atoms with E-state index in [2.05, 4.69) is 0 Å². The Hall–Kier alpha value is -1.50. The van der Waals surface area contributed by atoms with Crippen LogP contribution >= 0.6 is 34.8 Å². The molecule has 4 nitrogen and oxygen atoms in total. The summed E-state index contributed by atoms with van der Waals surface area (Å²) in [5.74, 6) is 0. The monoisotopic (exact) mass is 440 g/mol. The summed E-state index contributed by atoms with van der Waals surface area (Å²) >= 11 is 18.7. The maximum atomic E-state index is 13.5. The lowest BCUT2D eigenvalue weighted by Gasteiger charge is -2.36. The maximum absolute atomic E-state index is 13.5. The Labute approximate surface area is 172 Å². The van der Waals surface area contributed by atoms with Crippen molar-refractivity contribution in [3.63, 3.8) is 0 Å². The maximum Gasteiger partial charge on any atom is 0.245 e. The Morgan fingerprint density at radius 1 is 0.889 bits per heavy atom. The van der Waals surface area contributed by atoms with Gasteiger partial charge in [0, 0.05) is 35.0 Å². The molecule has 0 aliphatic carbocycles. The van der Waals surface area contributed by atoms with E-state index in [9.17, 15) is 8.42 Å². The van der Waals surface area contributed by atoms with Gasteiger partial charge in [-0.3, -0.25) is 0 Å². The van der Waals surface area contributed by atoms with Crippen LogP contribution in [-0.4, -0.2) is 23.8 Å². The summed E-state index contributed by atoms with van der Waals surface area (Å²) in [4.78, 5) is 0.0850. The van der Waals surface area contributed by atoms with Crippen molar-refractivity contribution in [3.05, 3.63) is 87.1 Å². The number of hydrogen-bond donors (Lipinski definition) is 0. The fourth-order valence-corrected chi connectivity index (χ4v) is 6.02. The number of halogens is 3. The molecule has 1 aliphatic rings. The topological polar surface area (TPSA) is 42.3 Å². The highest BCUT2D eigenvalue weighted by Crippen LogP contribution is 2.40. The molecular weight excluding hydrogens is 427 g/mol. The molecule has 1 atom stereocenters. The van der Waals surface area contributed by atoms with E-state index in [-0.39, 0.29) is 9.92 Å². The van der Waals surface area contributed by atoms with E-state index in [1.165, 1.54) is 10.4 Å². The van der Waals surface area contributed by atoms with Crippen LogP contribution in [0.1, 0.15) is 17.3 Å². The minimum absolute atomic E-state index is 0.0850. The van der Waals surface area contributed by atoms with Crippen LogP contribution in [0.3, 0.4) is 0 Å². The first kappa shape index (κ1) is 18.8. The van der Waals surface area contributed by atoms with Gasteiger partial charge in [-0.2, -0.15) is 4.31 Å².